The number of unbranched alkanes of at least 4 members (excludes halogenated alkanes) is 2. The van der Waals surface area contributed by atoms with E-state index in [1.165, 1.54) is 38.5 Å². The van der Waals surface area contributed by atoms with E-state index >= 15 is 0 Å². The zero-order valence-corrected chi connectivity index (χ0v) is 51.2. The molecule has 18 heteroatoms. The van der Waals surface area contributed by atoms with E-state index in [1.807, 2.05) is 72.7 Å². The molecule has 2 atom stereocenters. The summed E-state index contributed by atoms with van der Waals surface area (Å²) in [7, 11) is 0. The number of amides is 5. The number of ketones is 1. The number of fused-ring (bicyclic) bond motifs is 4. The molecule has 4 aromatic carbocycles. The molecule has 0 radical (unpaired) electrons. The number of nitrogens with one attached hydrogen (secondary N) is 7. The number of carbonyl (C=O) groups excluding carboxylic acids is 6. The summed E-state index contributed by atoms with van der Waals surface area (Å²) < 4.78 is 5.80. The highest BCUT2D eigenvalue weighted by molar-refractivity contribution is 6.15. The zero-order valence-electron chi connectivity index (χ0n) is 50.5. The van der Waals surface area contributed by atoms with Crippen molar-refractivity contribution in [2.45, 2.75) is 172 Å². The normalized spacial score (nSPS) is 11.9. The van der Waals surface area contributed by atoms with Crippen molar-refractivity contribution in [3.8, 4) is 5.75 Å². The van der Waals surface area contributed by atoms with Gasteiger partial charge >= 0.3 is 0 Å². The first-order chi connectivity index (χ1) is 38.3. The van der Waals surface area contributed by atoms with Crippen molar-refractivity contribution in [2.75, 3.05) is 48.2 Å². The second kappa shape index (κ2) is 39.1. The van der Waals surface area contributed by atoms with Crippen molar-refractivity contribution in [3.05, 3.63) is 95.7 Å². The van der Waals surface area contributed by atoms with Crippen LogP contribution in [0.5, 0.6) is 5.75 Å². The molecule has 0 saturated carbocycles. The predicted octanol–water partition coefficient (Wildman–Crippen LogP) is 12.7. The lowest BCUT2D eigenvalue weighted by Gasteiger charge is -2.28. The molecule has 6 rings (SSSR count). The van der Waals surface area contributed by atoms with Crippen molar-refractivity contribution in [1.82, 2.24) is 26.6 Å². The average Bonchev–Trinajstić information content (AvgIpc) is 4.11. The molecule has 8 N–H and O–H groups in total. The maximum absolute atomic E-state index is 13.8. The van der Waals surface area contributed by atoms with Crippen molar-refractivity contribution in [1.29, 1.82) is 0 Å². The van der Waals surface area contributed by atoms with E-state index in [-0.39, 0.29) is 48.6 Å². The second-order valence-electron chi connectivity index (χ2n) is 20.0. The van der Waals surface area contributed by atoms with Crippen LogP contribution in [-0.4, -0.2) is 95.8 Å². The van der Waals surface area contributed by atoms with E-state index in [4.69, 9.17) is 9.57 Å². The molecule has 0 aliphatic carbocycles. The molecule has 5 aromatic rings. The fourth-order valence-corrected chi connectivity index (χ4v) is 7.77. The highest BCUT2D eigenvalue weighted by Crippen LogP contribution is 2.40. The molecule has 5 amide bonds. The first-order valence-electron chi connectivity index (χ1n) is 28.3. The summed E-state index contributed by atoms with van der Waals surface area (Å²) >= 11 is 4.64. The van der Waals surface area contributed by atoms with Crippen LogP contribution in [-0.2, 0) is 30.3 Å². The zero-order chi connectivity index (χ0) is 60.4. The lowest BCUT2D eigenvalue weighted by atomic mass is 10.0. The van der Waals surface area contributed by atoms with Gasteiger partial charge < -0.3 is 45.5 Å². The summed E-state index contributed by atoms with van der Waals surface area (Å²) in [6.07, 6.45) is 10.2. The topological polar surface area (TPSA) is 232 Å². The average molecular weight is 1130 g/mol. The number of aromatic nitrogens is 1. The molecule has 2 heterocycles. The highest BCUT2D eigenvalue weighted by Gasteiger charge is 2.30. The van der Waals surface area contributed by atoms with E-state index in [9.17, 15) is 34.0 Å². The van der Waals surface area contributed by atoms with Crippen LogP contribution in [0.25, 0.3) is 21.7 Å². The summed E-state index contributed by atoms with van der Waals surface area (Å²) in [6, 6.07) is 21.9. The predicted molar refractivity (Wildman–Crippen MR) is 328 cm³/mol. The molecule has 1 aliphatic heterocycles. The molecule has 17 nitrogen and oxygen atoms in total. The fraction of sp³-hybridized carbons (Fsp3) is 0.516. The molecule has 0 spiro atoms. The molecule has 0 fully saturated rings. The van der Waals surface area contributed by atoms with Gasteiger partial charge in [0.25, 0.3) is 11.8 Å². The third kappa shape index (κ3) is 24.6. The van der Waals surface area contributed by atoms with Crippen LogP contribution < -0.4 is 42.0 Å². The number of aromatic amines is 1. The van der Waals surface area contributed by atoms with Crippen molar-refractivity contribution in [3.63, 3.8) is 0 Å². The largest absolute Gasteiger partial charge is 0.383 e. The number of hydrogen-bond donors (Lipinski definition) is 8. The molecular weight excluding hydrogens is 1040 g/mol. The Balaban J connectivity index is 0.00000192. The van der Waals surface area contributed by atoms with Crippen molar-refractivity contribution in [2.24, 2.45) is 5.92 Å². The van der Waals surface area contributed by atoms with Gasteiger partial charge in [-0.05, 0) is 118 Å². The van der Waals surface area contributed by atoms with Gasteiger partial charge in [-0.25, -0.2) is 0 Å². The Morgan fingerprint density at radius 2 is 1.38 bits per heavy atom. The molecule has 80 heavy (non-hydrogen) atoms. The maximum Gasteiger partial charge on any atom is 0.274 e. The summed E-state index contributed by atoms with van der Waals surface area (Å²) in [5.74, 6) is -1.50. The maximum atomic E-state index is 13.8. The number of Topliss-reactive ketones (excluding diaryl/α,β-unsaturated/α-hetero) is 1. The van der Waals surface area contributed by atoms with Gasteiger partial charge in [0.05, 0.1) is 30.9 Å². The SMILES string of the molecule is CC.CC(=O)CCC(C)OCCC(C)(C)NC(=O)CNC(C(=O)NCC(=O)Nc1ccc(C(=O)Nc2ccc3[nH]c(C(=O)N4CCc5c4cc(ONO)c4ccccc54)cc3c2)cc1)C(C)C.CCC.CCCC.CCCC.CCl. The van der Waals surface area contributed by atoms with Crippen molar-refractivity contribution >= 4 is 85.7 Å². The van der Waals surface area contributed by atoms with Gasteiger partial charge in [0, 0.05) is 70.8 Å². The monoisotopic (exact) mass is 1130 g/mol. The van der Waals surface area contributed by atoms with Crippen LogP contribution in [0.1, 0.15) is 175 Å². The minimum absolute atomic E-state index is 0.0664. The van der Waals surface area contributed by atoms with Crippen LogP contribution in [0.4, 0.5) is 17.1 Å². The van der Waals surface area contributed by atoms with Gasteiger partial charge in [-0.2, -0.15) is 0 Å². The number of benzene rings is 4. The van der Waals surface area contributed by atoms with Gasteiger partial charge in [0.2, 0.25) is 17.7 Å². The fourth-order valence-electron chi connectivity index (χ4n) is 7.77. The standard InChI is InChI=1S/C48H58N8O9.2C4H10.C3H8.C2H6.CH3Cl/c1-28(2)44(49-27-43(59)54-48(5,6)20-22-64-30(4)12-11-29(3)57)46(61)50-26-42(58)51-33-15-13-31(14-16-33)45(60)52-34-17-18-38-32(23-34)24-39(53-38)47(62)56-21-19-36-35-9-7-8-10-37(35)41(65-55-63)25-40(36)56;2*1-3-4-2;1-3-2;2*1-2/h7-10,13-18,23-25,28,30,44,49,53,55,63H,11-12,19-22,26-27H2,1-6H3,(H,50,61)(H,51,58)(H,52,60)(H,54,59);2*3-4H2,1-2H3;3H2,1-2H3;1-2H3;1H3. The van der Waals surface area contributed by atoms with Crippen LogP contribution in [0.3, 0.4) is 0 Å². The first-order valence-corrected chi connectivity index (χ1v) is 29.1. The number of alkyl halides is 1. The van der Waals surface area contributed by atoms with E-state index in [0.717, 1.165) is 21.7 Å². The van der Waals surface area contributed by atoms with Crippen LogP contribution in [0.2, 0.25) is 0 Å². The van der Waals surface area contributed by atoms with Gasteiger partial charge in [0.1, 0.15) is 11.5 Å². The third-order valence-electron chi connectivity index (χ3n) is 12.3. The molecular formula is C62H95ClN8O9. The Hall–Kier alpha value is -6.37. The van der Waals surface area contributed by atoms with E-state index in [1.54, 1.807) is 72.1 Å². The number of carbonyl (C=O) groups is 6. The lowest BCUT2D eigenvalue weighted by molar-refractivity contribution is -0.127. The molecule has 1 aromatic heterocycles. The quantitative estimate of drug-likeness (QED) is 0.0226. The Labute approximate surface area is 481 Å². The first kappa shape index (κ1) is 71.6. The summed E-state index contributed by atoms with van der Waals surface area (Å²) in [5, 5.41) is 25.9. The number of H-pyrrole nitrogens is 1. The Morgan fingerprint density at radius 1 is 0.775 bits per heavy atom. The third-order valence-corrected chi connectivity index (χ3v) is 12.3. The van der Waals surface area contributed by atoms with E-state index < -0.39 is 23.4 Å². The number of halogens is 1. The smallest absolute Gasteiger partial charge is 0.274 e. The van der Waals surface area contributed by atoms with Gasteiger partial charge in [-0.3, -0.25) is 34.5 Å². The molecule has 0 saturated heterocycles. The summed E-state index contributed by atoms with van der Waals surface area (Å²) in [6.45, 7) is 28.3. The molecule has 444 valence electrons. The highest BCUT2D eigenvalue weighted by atomic mass is 35.5. The molecule has 1 aliphatic rings. The van der Waals surface area contributed by atoms with E-state index in [0.29, 0.717) is 78.4 Å². The minimum Gasteiger partial charge on any atom is -0.383 e. The van der Waals surface area contributed by atoms with Gasteiger partial charge in [-0.1, -0.05) is 126 Å². The number of nitrogens with zero attached hydrogens (tertiary/aromatic N) is 1. The summed E-state index contributed by atoms with van der Waals surface area (Å²) in [4.78, 5) is 87.1. The minimum atomic E-state index is -0.738. The van der Waals surface area contributed by atoms with Crippen LogP contribution >= 0.6 is 11.6 Å². The van der Waals surface area contributed by atoms with E-state index in [2.05, 4.69) is 84.7 Å². The second-order valence-corrected chi connectivity index (χ2v) is 20.0. The number of hydrogen-bond acceptors (Lipinski definition) is 11. The Morgan fingerprint density at radius 3 is 1.95 bits per heavy atom. The number of rotatable bonds is 23. The number of ether oxygens (including phenoxy) is 1. The van der Waals surface area contributed by atoms with Gasteiger partial charge in [-0.15, -0.1) is 11.6 Å². The molecule has 2 unspecified atom stereocenters. The van der Waals surface area contributed by atoms with Crippen LogP contribution in [0, 0.1) is 5.92 Å². The number of anilines is 3. The lowest BCUT2D eigenvalue weighted by Crippen LogP contribution is -2.53. The molecule has 0 bridgehead atoms. The van der Waals surface area contributed by atoms with Crippen molar-refractivity contribution < 1.29 is 43.5 Å². The Kier molecular flexibility index (Phi) is 35.0. The Bertz CT molecular complexity index is 2650. The summed E-state index contributed by atoms with van der Waals surface area (Å²) in [5.41, 5.74) is 5.23. The van der Waals surface area contributed by atoms with Crippen LogP contribution in [0.15, 0.2) is 78.9 Å². The van der Waals surface area contributed by atoms with Gasteiger partial charge in [0.15, 0.2) is 5.75 Å².